The highest BCUT2D eigenvalue weighted by atomic mass is 19.4. The van der Waals surface area contributed by atoms with Crippen LogP contribution in [0.25, 0.3) is 0 Å². The number of ether oxygens (including phenoxy) is 1. The molecule has 2 unspecified atom stereocenters. The van der Waals surface area contributed by atoms with E-state index >= 15 is 0 Å². The fourth-order valence-corrected chi connectivity index (χ4v) is 2.98. The standard InChI is InChI=1S/C17H15F3O2/c18-17(19,20)16-13(15(21)11-6-2-1-3-7-11)10-12-8-4-5-9-14(12)22-16/h1-3,5-7,9,12,14H,4,8,10H2. The van der Waals surface area contributed by atoms with Crippen LogP contribution in [0.3, 0.4) is 0 Å². The largest absolute Gasteiger partial charge is 0.481 e. The third-order valence-corrected chi connectivity index (χ3v) is 4.06. The molecule has 0 spiro atoms. The number of hydrogen-bond donors (Lipinski definition) is 0. The topological polar surface area (TPSA) is 26.3 Å². The van der Waals surface area contributed by atoms with Gasteiger partial charge >= 0.3 is 6.18 Å². The third-order valence-electron chi connectivity index (χ3n) is 4.06. The van der Waals surface area contributed by atoms with Crippen molar-refractivity contribution in [2.24, 2.45) is 5.92 Å². The molecule has 0 N–H and O–H groups in total. The Morgan fingerprint density at radius 1 is 1.18 bits per heavy atom. The Labute approximate surface area is 126 Å². The van der Waals surface area contributed by atoms with E-state index in [-0.39, 0.29) is 23.5 Å². The van der Waals surface area contributed by atoms with Gasteiger partial charge in [0, 0.05) is 17.1 Å². The molecule has 1 aromatic carbocycles. The number of fused-ring (bicyclic) bond motifs is 1. The van der Waals surface area contributed by atoms with Crippen LogP contribution in [0.2, 0.25) is 0 Å². The van der Waals surface area contributed by atoms with Crippen molar-refractivity contribution in [1.82, 2.24) is 0 Å². The molecule has 0 aromatic heterocycles. The molecule has 0 amide bonds. The first-order chi connectivity index (χ1) is 10.5. The minimum atomic E-state index is -4.66. The SMILES string of the molecule is O=C(C1=C(C(F)(F)F)OC2C=CCCC2C1)c1ccccc1. The molecule has 0 radical (unpaired) electrons. The van der Waals surface area contributed by atoms with Gasteiger partial charge in [0.05, 0.1) is 0 Å². The van der Waals surface area contributed by atoms with Gasteiger partial charge in [0.2, 0.25) is 5.76 Å². The molecule has 5 heteroatoms. The normalized spacial score (nSPS) is 24.7. The quantitative estimate of drug-likeness (QED) is 0.596. The van der Waals surface area contributed by atoms with Crippen molar-refractivity contribution in [2.75, 3.05) is 0 Å². The number of carbonyl (C=O) groups is 1. The summed E-state index contributed by atoms with van der Waals surface area (Å²) in [6.07, 6.45) is -0.0924. The van der Waals surface area contributed by atoms with E-state index in [0.29, 0.717) is 0 Å². The van der Waals surface area contributed by atoms with Gasteiger partial charge in [-0.05, 0) is 25.3 Å². The van der Waals surface area contributed by atoms with Crippen LogP contribution < -0.4 is 0 Å². The first-order valence-electron chi connectivity index (χ1n) is 7.20. The van der Waals surface area contributed by atoms with Crippen LogP contribution in [-0.4, -0.2) is 18.1 Å². The lowest BCUT2D eigenvalue weighted by atomic mass is 9.81. The lowest BCUT2D eigenvalue weighted by molar-refractivity contribution is -0.146. The van der Waals surface area contributed by atoms with Crippen molar-refractivity contribution >= 4 is 5.78 Å². The molecule has 3 rings (SSSR count). The molecule has 0 fully saturated rings. The van der Waals surface area contributed by atoms with E-state index in [1.165, 1.54) is 12.1 Å². The predicted octanol–water partition coefficient (Wildman–Crippen LogP) is 4.44. The van der Waals surface area contributed by atoms with Crippen LogP contribution in [0, 0.1) is 5.92 Å². The Morgan fingerprint density at radius 2 is 1.91 bits per heavy atom. The smallest absolute Gasteiger partial charge is 0.449 e. The van der Waals surface area contributed by atoms with Gasteiger partial charge in [0.25, 0.3) is 0 Å². The number of rotatable bonds is 2. The number of hydrogen-bond acceptors (Lipinski definition) is 2. The van der Waals surface area contributed by atoms with E-state index < -0.39 is 23.8 Å². The van der Waals surface area contributed by atoms with E-state index in [0.717, 1.165) is 12.8 Å². The number of ketones is 1. The molecule has 1 aliphatic heterocycles. The Hall–Kier alpha value is -2.04. The highest BCUT2D eigenvalue weighted by Gasteiger charge is 2.46. The van der Waals surface area contributed by atoms with E-state index in [2.05, 4.69) is 0 Å². The van der Waals surface area contributed by atoms with Crippen molar-refractivity contribution in [1.29, 1.82) is 0 Å². The molecule has 0 saturated carbocycles. The molecule has 0 saturated heterocycles. The monoisotopic (exact) mass is 308 g/mol. The van der Waals surface area contributed by atoms with Crippen molar-refractivity contribution in [3.63, 3.8) is 0 Å². The molecule has 22 heavy (non-hydrogen) atoms. The van der Waals surface area contributed by atoms with Gasteiger partial charge in [-0.25, -0.2) is 0 Å². The number of alkyl halides is 3. The fourth-order valence-electron chi connectivity index (χ4n) is 2.98. The summed E-state index contributed by atoms with van der Waals surface area (Å²) in [6, 6.07) is 8.04. The van der Waals surface area contributed by atoms with Crippen molar-refractivity contribution in [3.8, 4) is 0 Å². The lowest BCUT2D eigenvalue weighted by Crippen LogP contribution is -2.35. The fraction of sp³-hybridized carbons (Fsp3) is 0.353. The highest BCUT2D eigenvalue weighted by molar-refractivity contribution is 6.09. The summed E-state index contributed by atoms with van der Waals surface area (Å²) >= 11 is 0. The van der Waals surface area contributed by atoms with Gasteiger partial charge in [0.1, 0.15) is 6.10 Å². The lowest BCUT2D eigenvalue weighted by Gasteiger charge is -2.35. The average molecular weight is 308 g/mol. The molecule has 116 valence electrons. The molecular weight excluding hydrogens is 293 g/mol. The van der Waals surface area contributed by atoms with E-state index in [4.69, 9.17) is 4.74 Å². The predicted molar refractivity (Wildman–Crippen MR) is 75.2 cm³/mol. The van der Waals surface area contributed by atoms with Crippen LogP contribution in [0.5, 0.6) is 0 Å². The van der Waals surface area contributed by atoms with E-state index in [1.807, 2.05) is 6.08 Å². The number of halogens is 3. The van der Waals surface area contributed by atoms with Gasteiger partial charge in [-0.2, -0.15) is 13.2 Å². The Kier molecular flexibility index (Phi) is 3.81. The highest BCUT2D eigenvalue weighted by Crippen LogP contribution is 2.42. The second-order valence-electron chi connectivity index (χ2n) is 5.55. The molecule has 2 nitrogen and oxygen atoms in total. The summed E-state index contributed by atoms with van der Waals surface area (Å²) in [4.78, 5) is 12.5. The van der Waals surface area contributed by atoms with Crippen molar-refractivity contribution in [3.05, 3.63) is 59.4 Å². The maximum Gasteiger partial charge on any atom is 0.449 e. The minimum Gasteiger partial charge on any atom is -0.481 e. The van der Waals surface area contributed by atoms with Crippen molar-refractivity contribution in [2.45, 2.75) is 31.5 Å². The van der Waals surface area contributed by atoms with Crippen LogP contribution in [0.15, 0.2) is 53.8 Å². The summed E-state index contributed by atoms with van der Waals surface area (Å²) < 4.78 is 45.0. The zero-order valence-electron chi connectivity index (χ0n) is 11.8. The summed E-state index contributed by atoms with van der Waals surface area (Å²) in [5, 5.41) is 0. The first-order valence-corrected chi connectivity index (χ1v) is 7.20. The van der Waals surface area contributed by atoms with Crippen LogP contribution in [0.1, 0.15) is 29.6 Å². The van der Waals surface area contributed by atoms with E-state index in [1.54, 1.807) is 24.3 Å². The maximum atomic E-state index is 13.3. The van der Waals surface area contributed by atoms with Gasteiger partial charge in [-0.3, -0.25) is 4.79 Å². The summed E-state index contributed by atoms with van der Waals surface area (Å²) in [7, 11) is 0. The molecule has 1 aliphatic carbocycles. The maximum absolute atomic E-state index is 13.3. The Morgan fingerprint density at radius 3 is 2.59 bits per heavy atom. The van der Waals surface area contributed by atoms with Crippen LogP contribution in [0.4, 0.5) is 13.2 Å². The van der Waals surface area contributed by atoms with E-state index in [9.17, 15) is 18.0 Å². The number of allylic oxidation sites excluding steroid dienone is 3. The molecule has 2 aliphatic rings. The minimum absolute atomic E-state index is 0.0706. The van der Waals surface area contributed by atoms with Gasteiger partial charge < -0.3 is 4.74 Å². The second-order valence-corrected chi connectivity index (χ2v) is 5.55. The molecule has 2 atom stereocenters. The zero-order valence-corrected chi connectivity index (χ0v) is 11.8. The third kappa shape index (κ3) is 2.80. The van der Waals surface area contributed by atoms with Gasteiger partial charge in [-0.15, -0.1) is 0 Å². The van der Waals surface area contributed by atoms with Crippen LogP contribution in [-0.2, 0) is 4.74 Å². The number of Topliss-reactive ketones (excluding diaryl/α,β-unsaturated/α-hetero) is 1. The molecule has 1 aromatic rings. The molecule has 1 heterocycles. The Bertz CT molecular complexity index is 629. The second kappa shape index (κ2) is 5.63. The Balaban J connectivity index is 2.01. The summed E-state index contributed by atoms with van der Waals surface area (Å²) in [5.41, 5.74) is 0.00269. The summed E-state index contributed by atoms with van der Waals surface area (Å²) in [5.74, 6) is -1.80. The average Bonchev–Trinajstić information content (AvgIpc) is 2.53. The number of benzene rings is 1. The van der Waals surface area contributed by atoms with Crippen molar-refractivity contribution < 1.29 is 22.7 Å². The summed E-state index contributed by atoms with van der Waals surface area (Å²) in [6.45, 7) is 0. The first kappa shape index (κ1) is 14.9. The van der Waals surface area contributed by atoms with Gasteiger partial charge in [0.15, 0.2) is 5.78 Å². The zero-order chi connectivity index (χ0) is 15.7. The number of carbonyl (C=O) groups excluding carboxylic acids is 1. The molecular formula is C17H15F3O2. The molecule has 0 bridgehead atoms. The van der Waals surface area contributed by atoms with Gasteiger partial charge in [-0.1, -0.05) is 36.4 Å². The van der Waals surface area contributed by atoms with Crippen LogP contribution >= 0.6 is 0 Å².